The van der Waals surface area contributed by atoms with Gasteiger partial charge in [0, 0.05) is 12.1 Å². The lowest BCUT2D eigenvalue weighted by molar-refractivity contribution is 0.112. The van der Waals surface area contributed by atoms with Crippen LogP contribution >= 0.6 is 0 Å². The summed E-state index contributed by atoms with van der Waals surface area (Å²) in [7, 11) is 0. The molecule has 1 fully saturated rings. The predicted octanol–water partition coefficient (Wildman–Crippen LogP) is 1.88. The average Bonchev–Trinajstić information content (AvgIpc) is 2.70. The van der Waals surface area contributed by atoms with Gasteiger partial charge in [-0.25, -0.2) is 0 Å². The third-order valence-electron chi connectivity index (χ3n) is 2.87. The molecule has 0 saturated carbocycles. The van der Waals surface area contributed by atoms with Crippen molar-refractivity contribution < 1.29 is 4.79 Å². The molecule has 1 aliphatic heterocycles. The standard InChI is InChI=1S/C12H15NO/c1-9-2-3-12(11(6-9)8-14)10-4-5-13-7-10/h2-3,6,8,10,13H,4-5,7H2,1H3. The summed E-state index contributed by atoms with van der Waals surface area (Å²) < 4.78 is 0. The van der Waals surface area contributed by atoms with Crippen molar-refractivity contribution in [3.63, 3.8) is 0 Å². The molecule has 2 rings (SSSR count). The molecule has 74 valence electrons. The maximum absolute atomic E-state index is 10.9. The molecule has 1 aliphatic rings. The lowest BCUT2D eigenvalue weighted by Gasteiger charge is -2.11. The maximum atomic E-state index is 10.9. The van der Waals surface area contributed by atoms with E-state index < -0.39 is 0 Å². The van der Waals surface area contributed by atoms with Gasteiger partial charge in [0.25, 0.3) is 0 Å². The fraction of sp³-hybridized carbons (Fsp3) is 0.417. The molecule has 14 heavy (non-hydrogen) atoms. The number of aryl methyl sites for hydroxylation is 1. The average molecular weight is 189 g/mol. The van der Waals surface area contributed by atoms with E-state index in [1.807, 2.05) is 13.0 Å². The minimum Gasteiger partial charge on any atom is -0.316 e. The highest BCUT2D eigenvalue weighted by atomic mass is 16.1. The molecular formula is C12H15NO. The molecule has 1 heterocycles. The van der Waals surface area contributed by atoms with Crippen LogP contribution in [0.4, 0.5) is 0 Å². The zero-order valence-corrected chi connectivity index (χ0v) is 8.42. The second kappa shape index (κ2) is 3.93. The minimum atomic E-state index is 0.524. The molecule has 2 nitrogen and oxygen atoms in total. The smallest absolute Gasteiger partial charge is 0.150 e. The third kappa shape index (κ3) is 1.70. The van der Waals surface area contributed by atoms with Crippen molar-refractivity contribution in [1.29, 1.82) is 0 Å². The van der Waals surface area contributed by atoms with E-state index >= 15 is 0 Å². The van der Waals surface area contributed by atoms with Gasteiger partial charge < -0.3 is 5.32 Å². The highest BCUT2D eigenvalue weighted by Gasteiger charge is 2.18. The van der Waals surface area contributed by atoms with Crippen molar-refractivity contribution in [2.45, 2.75) is 19.3 Å². The lowest BCUT2D eigenvalue weighted by atomic mass is 9.93. The van der Waals surface area contributed by atoms with Crippen LogP contribution < -0.4 is 5.32 Å². The first-order valence-electron chi connectivity index (χ1n) is 5.07. The summed E-state index contributed by atoms with van der Waals surface area (Å²) >= 11 is 0. The second-order valence-electron chi connectivity index (χ2n) is 3.94. The Kier molecular flexibility index (Phi) is 2.64. The van der Waals surface area contributed by atoms with Gasteiger partial charge in [0.1, 0.15) is 6.29 Å². The van der Waals surface area contributed by atoms with Gasteiger partial charge in [-0.3, -0.25) is 4.79 Å². The quantitative estimate of drug-likeness (QED) is 0.720. The second-order valence-corrected chi connectivity index (χ2v) is 3.94. The van der Waals surface area contributed by atoms with Gasteiger partial charge in [0.2, 0.25) is 0 Å². The monoisotopic (exact) mass is 189 g/mol. The van der Waals surface area contributed by atoms with E-state index in [1.54, 1.807) is 0 Å². The van der Waals surface area contributed by atoms with Gasteiger partial charge in [0.15, 0.2) is 0 Å². The van der Waals surface area contributed by atoms with Crippen LogP contribution in [0.5, 0.6) is 0 Å². The van der Waals surface area contributed by atoms with E-state index in [-0.39, 0.29) is 0 Å². The van der Waals surface area contributed by atoms with Crippen molar-refractivity contribution in [2.75, 3.05) is 13.1 Å². The van der Waals surface area contributed by atoms with Crippen molar-refractivity contribution in [2.24, 2.45) is 0 Å². The van der Waals surface area contributed by atoms with Gasteiger partial charge in [-0.15, -0.1) is 0 Å². The lowest BCUT2D eigenvalue weighted by Crippen LogP contribution is -2.09. The SMILES string of the molecule is Cc1ccc(C2CCNC2)c(C=O)c1. The molecule has 2 heteroatoms. The molecule has 0 aliphatic carbocycles. The predicted molar refractivity (Wildman–Crippen MR) is 56.8 cm³/mol. The van der Waals surface area contributed by atoms with E-state index in [9.17, 15) is 4.79 Å². The first-order valence-corrected chi connectivity index (χ1v) is 5.07. The molecule has 1 aromatic rings. The van der Waals surface area contributed by atoms with Crippen LogP contribution in [0.25, 0.3) is 0 Å². The van der Waals surface area contributed by atoms with Crippen LogP contribution in [0.2, 0.25) is 0 Å². The number of nitrogens with one attached hydrogen (secondary N) is 1. The Bertz CT molecular complexity index is 340. The van der Waals surface area contributed by atoms with Crippen LogP contribution in [-0.4, -0.2) is 19.4 Å². The van der Waals surface area contributed by atoms with Gasteiger partial charge in [-0.2, -0.15) is 0 Å². The number of rotatable bonds is 2. The molecular weight excluding hydrogens is 174 g/mol. The summed E-state index contributed by atoms with van der Waals surface area (Å²) in [5, 5.41) is 3.32. The molecule has 0 radical (unpaired) electrons. The first kappa shape index (κ1) is 9.41. The van der Waals surface area contributed by atoms with Crippen LogP contribution in [0.1, 0.15) is 33.8 Å². The van der Waals surface area contributed by atoms with Crippen molar-refractivity contribution in [1.82, 2.24) is 5.32 Å². The van der Waals surface area contributed by atoms with Gasteiger partial charge >= 0.3 is 0 Å². The van der Waals surface area contributed by atoms with E-state index in [0.29, 0.717) is 5.92 Å². The van der Waals surface area contributed by atoms with E-state index in [2.05, 4.69) is 17.4 Å². The Morgan fingerprint density at radius 2 is 2.36 bits per heavy atom. The maximum Gasteiger partial charge on any atom is 0.150 e. The summed E-state index contributed by atoms with van der Waals surface area (Å²) in [4.78, 5) is 10.9. The first-order chi connectivity index (χ1) is 6.81. The Morgan fingerprint density at radius 3 is 3.00 bits per heavy atom. The molecule has 1 atom stereocenters. The number of benzene rings is 1. The molecule has 0 spiro atoms. The topological polar surface area (TPSA) is 29.1 Å². The van der Waals surface area contributed by atoms with E-state index in [1.165, 1.54) is 5.56 Å². The normalized spacial score (nSPS) is 21.1. The number of hydrogen-bond donors (Lipinski definition) is 1. The third-order valence-corrected chi connectivity index (χ3v) is 2.87. The number of aldehydes is 1. The summed E-state index contributed by atoms with van der Waals surface area (Å²) in [5.74, 6) is 0.524. The van der Waals surface area contributed by atoms with Gasteiger partial charge in [-0.1, -0.05) is 17.7 Å². The largest absolute Gasteiger partial charge is 0.316 e. The highest BCUT2D eigenvalue weighted by Crippen LogP contribution is 2.25. The highest BCUT2D eigenvalue weighted by molar-refractivity contribution is 5.78. The Hall–Kier alpha value is -1.15. The summed E-state index contributed by atoms with van der Waals surface area (Å²) in [5.41, 5.74) is 3.22. The van der Waals surface area contributed by atoms with Crippen molar-refractivity contribution in [3.8, 4) is 0 Å². The Morgan fingerprint density at radius 1 is 1.50 bits per heavy atom. The molecule has 1 saturated heterocycles. The zero-order valence-electron chi connectivity index (χ0n) is 8.42. The molecule has 0 amide bonds. The molecule has 0 aromatic heterocycles. The summed E-state index contributed by atoms with van der Waals surface area (Å²) in [6.45, 7) is 4.09. The van der Waals surface area contributed by atoms with E-state index in [4.69, 9.17) is 0 Å². The van der Waals surface area contributed by atoms with E-state index in [0.717, 1.165) is 36.9 Å². The fourth-order valence-corrected chi connectivity index (χ4v) is 2.09. The zero-order chi connectivity index (χ0) is 9.97. The Balaban J connectivity index is 2.35. The summed E-state index contributed by atoms with van der Waals surface area (Å²) in [6.07, 6.45) is 2.12. The van der Waals surface area contributed by atoms with Crippen LogP contribution in [-0.2, 0) is 0 Å². The molecule has 1 unspecified atom stereocenters. The number of hydrogen-bond acceptors (Lipinski definition) is 2. The minimum absolute atomic E-state index is 0.524. The molecule has 1 N–H and O–H groups in total. The number of carbonyl (C=O) groups excluding carboxylic acids is 1. The van der Waals surface area contributed by atoms with Crippen LogP contribution in [0, 0.1) is 6.92 Å². The Labute approximate surface area is 84.3 Å². The van der Waals surface area contributed by atoms with Crippen LogP contribution in [0.15, 0.2) is 18.2 Å². The molecule has 1 aromatic carbocycles. The van der Waals surface area contributed by atoms with Gasteiger partial charge in [0.05, 0.1) is 0 Å². The summed E-state index contributed by atoms with van der Waals surface area (Å²) in [6, 6.07) is 6.15. The number of carbonyl (C=O) groups is 1. The fourth-order valence-electron chi connectivity index (χ4n) is 2.09. The van der Waals surface area contributed by atoms with Crippen molar-refractivity contribution >= 4 is 6.29 Å². The molecule has 0 bridgehead atoms. The van der Waals surface area contributed by atoms with Crippen LogP contribution in [0.3, 0.4) is 0 Å². The van der Waals surface area contributed by atoms with Crippen molar-refractivity contribution in [3.05, 3.63) is 34.9 Å². The van der Waals surface area contributed by atoms with Gasteiger partial charge in [-0.05, 0) is 37.4 Å².